The number of hydrogen-bond donors (Lipinski definition) is 1. The third kappa shape index (κ3) is 3.66. The molecule has 0 aliphatic carbocycles. The number of nitrogens with one attached hydrogen (secondary N) is 1. The molecule has 1 aromatic carbocycles. The molecule has 6 nitrogen and oxygen atoms in total. The van der Waals surface area contributed by atoms with Crippen LogP contribution < -0.4 is 5.32 Å². The molecule has 1 spiro atoms. The van der Waals surface area contributed by atoms with Crippen molar-refractivity contribution in [2.75, 3.05) is 33.2 Å². The van der Waals surface area contributed by atoms with Gasteiger partial charge in [-0.05, 0) is 69.3 Å². The Balaban J connectivity index is 1.68. The molecule has 0 aromatic heterocycles. The van der Waals surface area contributed by atoms with E-state index in [4.69, 9.17) is 0 Å². The summed E-state index contributed by atoms with van der Waals surface area (Å²) >= 11 is 0. The number of sulfonamides is 1. The highest BCUT2D eigenvalue weighted by Gasteiger charge is 2.38. The maximum absolute atomic E-state index is 12.8. The predicted molar refractivity (Wildman–Crippen MR) is 102 cm³/mol. The van der Waals surface area contributed by atoms with Crippen LogP contribution in [-0.4, -0.2) is 62.8 Å². The molecule has 2 fully saturated rings. The number of hydrogen-bond acceptors (Lipinski definition) is 4. The van der Waals surface area contributed by atoms with Gasteiger partial charge in [-0.25, -0.2) is 8.42 Å². The van der Waals surface area contributed by atoms with Crippen LogP contribution in [0.2, 0.25) is 0 Å². The van der Waals surface area contributed by atoms with Crippen molar-refractivity contribution in [2.45, 2.75) is 44.0 Å². The van der Waals surface area contributed by atoms with E-state index in [0.29, 0.717) is 11.0 Å². The molecule has 2 heterocycles. The van der Waals surface area contributed by atoms with E-state index in [-0.39, 0.29) is 16.8 Å². The van der Waals surface area contributed by atoms with Gasteiger partial charge in [-0.1, -0.05) is 0 Å². The van der Waals surface area contributed by atoms with Crippen LogP contribution in [0.5, 0.6) is 0 Å². The second-order valence-electron chi connectivity index (χ2n) is 7.86. The molecule has 0 saturated carbocycles. The van der Waals surface area contributed by atoms with E-state index >= 15 is 0 Å². The van der Waals surface area contributed by atoms with Crippen molar-refractivity contribution >= 4 is 15.9 Å². The molecule has 3 rings (SSSR count). The Morgan fingerprint density at radius 2 is 1.77 bits per heavy atom. The quantitative estimate of drug-likeness (QED) is 0.868. The van der Waals surface area contributed by atoms with Crippen molar-refractivity contribution in [2.24, 2.45) is 5.41 Å². The lowest BCUT2D eigenvalue weighted by molar-refractivity contribution is 0.0607. The maximum atomic E-state index is 12.8. The first-order valence-corrected chi connectivity index (χ1v) is 10.8. The Labute approximate surface area is 156 Å². The fourth-order valence-corrected chi connectivity index (χ4v) is 5.17. The van der Waals surface area contributed by atoms with Crippen molar-refractivity contribution in [3.8, 4) is 0 Å². The zero-order valence-electron chi connectivity index (χ0n) is 15.9. The van der Waals surface area contributed by atoms with Crippen LogP contribution in [-0.2, 0) is 10.0 Å². The van der Waals surface area contributed by atoms with E-state index in [9.17, 15) is 13.2 Å². The summed E-state index contributed by atoms with van der Waals surface area (Å²) in [5.41, 5.74) is 0.924. The largest absolute Gasteiger partial charge is 0.339 e. The molecule has 26 heavy (non-hydrogen) atoms. The molecular weight excluding hydrogens is 350 g/mol. The van der Waals surface area contributed by atoms with Gasteiger partial charge in [-0.2, -0.15) is 4.31 Å². The van der Waals surface area contributed by atoms with Crippen LogP contribution in [0.15, 0.2) is 29.2 Å². The van der Waals surface area contributed by atoms with Crippen molar-refractivity contribution in [3.63, 3.8) is 0 Å². The van der Waals surface area contributed by atoms with Gasteiger partial charge >= 0.3 is 0 Å². The van der Waals surface area contributed by atoms with Crippen molar-refractivity contribution < 1.29 is 13.2 Å². The first-order valence-electron chi connectivity index (χ1n) is 9.33. The monoisotopic (exact) mass is 379 g/mol. The lowest BCUT2D eigenvalue weighted by Gasteiger charge is -2.38. The summed E-state index contributed by atoms with van der Waals surface area (Å²) in [6.07, 6.45) is 3.28. The zero-order valence-corrected chi connectivity index (χ0v) is 16.7. The molecule has 0 unspecified atom stereocenters. The minimum atomic E-state index is -3.52. The van der Waals surface area contributed by atoms with Gasteiger partial charge in [-0.15, -0.1) is 0 Å². The summed E-state index contributed by atoms with van der Waals surface area (Å²) in [4.78, 5) is 14.9. The third-order valence-corrected chi connectivity index (χ3v) is 8.00. The van der Waals surface area contributed by atoms with Gasteiger partial charge in [0.05, 0.1) is 4.90 Å². The highest BCUT2D eigenvalue weighted by molar-refractivity contribution is 7.89. The van der Waals surface area contributed by atoms with E-state index in [1.54, 1.807) is 19.2 Å². The van der Waals surface area contributed by atoms with E-state index < -0.39 is 10.0 Å². The number of carbonyl (C=O) groups excluding carboxylic acids is 1. The molecule has 1 amide bonds. The average Bonchev–Trinajstić information content (AvgIpc) is 3.09. The fraction of sp³-hybridized carbons (Fsp3) is 0.632. The fourth-order valence-electron chi connectivity index (χ4n) is 3.80. The van der Waals surface area contributed by atoms with Gasteiger partial charge in [0, 0.05) is 38.3 Å². The Bertz CT molecular complexity index is 743. The molecule has 7 heteroatoms. The van der Waals surface area contributed by atoms with Crippen molar-refractivity contribution in [3.05, 3.63) is 29.8 Å². The lowest BCUT2D eigenvalue weighted by Crippen LogP contribution is -2.44. The average molecular weight is 380 g/mol. The van der Waals surface area contributed by atoms with E-state index in [2.05, 4.69) is 5.32 Å². The van der Waals surface area contributed by atoms with Crippen LogP contribution in [0.25, 0.3) is 0 Å². The van der Waals surface area contributed by atoms with Crippen LogP contribution in [0.4, 0.5) is 0 Å². The topological polar surface area (TPSA) is 69.7 Å². The molecular formula is C19H29N3O3S. The minimum Gasteiger partial charge on any atom is -0.339 e. The number of likely N-dealkylation sites (tertiary alicyclic amines) is 1. The zero-order chi connectivity index (χ0) is 18.9. The lowest BCUT2D eigenvalue weighted by atomic mass is 9.78. The third-order valence-electron chi connectivity index (χ3n) is 5.95. The van der Waals surface area contributed by atoms with Crippen molar-refractivity contribution in [1.82, 2.24) is 14.5 Å². The highest BCUT2D eigenvalue weighted by atomic mass is 32.2. The molecule has 2 aliphatic heterocycles. The predicted octanol–water partition coefficient (Wildman–Crippen LogP) is 1.93. The highest BCUT2D eigenvalue weighted by Crippen LogP contribution is 2.37. The van der Waals surface area contributed by atoms with Crippen LogP contribution >= 0.6 is 0 Å². The number of piperidine rings is 1. The number of rotatable bonds is 4. The van der Waals surface area contributed by atoms with Gasteiger partial charge in [0.15, 0.2) is 0 Å². The number of nitrogens with zero attached hydrogens (tertiary/aromatic N) is 2. The van der Waals surface area contributed by atoms with Crippen LogP contribution in [0, 0.1) is 5.41 Å². The van der Waals surface area contributed by atoms with Crippen LogP contribution in [0.1, 0.15) is 43.5 Å². The molecule has 2 saturated heterocycles. The molecule has 1 N–H and O–H groups in total. The van der Waals surface area contributed by atoms with Gasteiger partial charge in [0.25, 0.3) is 5.91 Å². The molecule has 1 aromatic rings. The van der Waals surface area contributed by atoms with Gasteiger partial charge in [0.1, 0.15) is 0 Å². The number of carbonyl (C=O) groups is 1. The van der Waals surface area contributed by atoms with Crippen LogP contribution in [0.3, 0.4) is 0 Å². The number of amides is 1. The summed E-state index contributed by atoms with van der Waals surface area (Å²) in [7, 11) is -1.95. The minimum absolute atomic E-state index is 0.00744. The molecule has 0 radical (unpaired) electrons. The van der Waals surface area contributed by atoms with E-state index in [1.807, 2.05) is 18.7 Å². The van der Waals surface area contributed by atoms with E-state index in [0.717, 1.165) is 39.0 Å². The van der Waals surface area contributed by atoms with Gasteiger partial charge < -0.3 is 10.2 Å². The summed E-state index contributed by atoms with van der Waals surface area (Å²) in [6.45, 7) is 7.35. The summed E-state index contributed by atoms with van der Waals surface area (Å²) < 4.78 is 26.4. The SMILES string of the molecule is CC(C)N(C)S(=O)(=O)c1ccc(C(=O)N2CCC3(CCNC3)CC2)cc1. The standard InChI is InChI=1S/C19H29N3O3S/c1-15(2)21(3)26(24,25)17-6-4-16(5-7-17)18(23)22-12-9-19(10-13-22)8-11-20-14-19/h4-7,15,20H,8-14H2,1-3H3. The first kappa shape index (κ1) is 19.3. The van der Waals surface area contributed by atoms with Gasteiger partial charge in [-0.3, -0.25) is 4.79 Å². The smallest absolute Gasteiger partial charge is 0.253 e. The Hall–Kier alpha value is -1.44. The Kier molecular flexibility index (Phi) is 5.42. The summed E-state index contributed by atoms with van der Waals surface area (Å²) in [5.74, 6) is -0.00744. The number of benzene rings is 1. The van der Waals surface area contributed by atoms with E-state index in [1.165, 1.54) is 22.9 Å². The summed E-state index contributed by atoms with van der Waals surface area (Å²) in [5, 5.41) is 3.43. The maximum Gasteiger partial charge on any atom is 0.253 e. The molecule has 0 atom stereocenters. The molecule has 144 valence electrons. The van der Waals surface area contributed by atoms with Crippen molar-refractivity contribution in [1.29, 1.82) is 0 Å². The second kappa shape index (κ2) is 7.29. The molecule has 0 bridgehead atoms. The Morgan fingerprint density at radius 3 is 2.27 bits per heavy atom. The normalized spacial score (nSPS) is 20.3. The van der Waals surface area contributed by atoms with Gasteiger partial charge in [0.2, 0.25) is 10.0 Å². The molecule has 2 aliphatic rings. The first-order chi connectivity index (χ1) is 12.3. The second-order valence-corrected chi connectivity index (χ2v) is 9.86. The Morgan fingerprint density at radius 1 is 1.15 bits per heavy atom. The summed E-state index contributed by atoms with van der Waals surface area (Å²) in [6, 6.07) is 6.21.